The van der Waals surface area contributed by atoms with Gasteiger partial charge in [0.05, 0.1) is 0 Å². The van der Waals surface area contributed by atoms with Gasteiger partial charge in [-0.2, -0.15) is 0 Å². The average Bonchev–Trinajstić information content (AvgIpc) is 2.38. The number of anilines is 2. The molecule has 0 atom stereocenters. The van der Waals surface area contributed by atoms with E-state index in [-0.39, 0.29) is 11.6 Å². The molecule has 1 heterocycles. The molecule has 0 radical (unpaired) electrons. The van der Waals surface area contributed by atoms with Crippen molar-refractivity contribution in [3.8, 4) is 0 Å². The van der Waals surface area contributed by atoms with Crippen molar-refractivity contribution in [3.05, 3.63) is 52.0 Å². The zero-order valence-electron chi connectivity index (χ0n) is 11.1. The minimum Gasteiger partial charge on any atom is -0.371 e. The minimum absolute atomic E-state index is 0.0301. The third-order valence-electron chi connectivity index (χ3n) is 2.82. The maximum Gasteiger partial charge on any atom is 0.168 e. The number of halogens is 3. The SMILES string of the molecule is CNc1nc(N(C)Cc2cccc(Br)c2)c(F)cc1F. The zero-order valence-corrected chi connectivity index (χ0v) is 12.7. The number of hydrogen-bond acceptors (Lipinski definition) is 3. The predicted molar refractivity (Wildman–Crippen MR) is 79.9 cm³/mol. The highest BCUT2D eigenvalue weighted by Crippen LogP contribution is 2.23. The first kappa shape index (κ1) is 14.7. The Balaban J connectivity index is 2.27. The van der Waals surface area contributed by atoms with Crippen LogP contribution >= 0.6 is 15.9 Å². The highest BCUT2D eigenvalue weighted by atomic mass is 79.9. The molecule has 6 heteroatoms. The smallest absolute Gasteiger partial charge is 0.168 e. The van der Waals surface area contributed by atoms with Crippen molar-refractivity contribution in [1.82, 2.24) is 4.98 Å². The fourth-order valence-electron chi connectivity index (χ4n) is 1.88. The summed E-state index contributed by atoms with van der Waals surface area (Å²) in [5.74, 6) is -1.25. The molecule has 106 valence electrons. The van der Waals surface area contributed by atoms with Crippen LogP contribution in [-0.4, -0.2) is 19.1 Å². The average molecular weight is 342 g/mol. The van der Waals surface area contributed by atoms with E-state index in [1.165, 1.54) is 0 Å². The molecule has 0 aliphatic carbocycles. The number of aromatic nitrogens is 1. The van der Waals surface area contributed by atoms with E-state index in [0.717, 1.165) is 16.1 Å². The third-order valence-corrected chi connectivity index (χ3v) is 3.31. The molecule has 20 heavy (non-hydrogen) atoms. The lowest BCUT2D eigenvalue weighted by molar-refractivity contribution is 0.573. The maximum absolute atomic E-state index is 13.8. The highest BCUT2D eigenvalue weighted by Gasteiger charge is 2.14. The van der Waals surface area contributed by atoms with Crippen LogP contribution in [0.2, 0.25) is 0 Å². The second-order valence-corrected chi connectivity index (χ2v) is 5.28. The molecule has 1 aromatic heterocycles. The molecule has 0 bridgehead atoms. The fraction of sp³-hybridized carbons (Fsp3) is 0.214. The summed E-state index contributed by atoms with van der Waals surface area (Å²) in [7, 11) is 3.26. The Morgan fingerprint density at radius 2 is 2.00 bits per heavy atom. The number of nitrogens with zero attached hydrogens (tertiary/aromatic N) is 2. The van der Waals surface area contributed by atoms with Crippen LogP contribution in [0.25, 0.3) is 0 Å². The number of nitrogens with one attached hydrogen (secondary N) is 1. The van der Waals surface area contributed by atoms with Crippen LogP contribution in [-0.2, 0) is 6.54 Å². The van der Waals surface area contributed by atoms with Gasteiger partial charge in [0, 0.05) is 31.2 Å². The Labute approximate surface area is 124 Å². The van der Waals surface area contributed by atoms with Gasteiger partial charge in [-0.15, -0.1) is 0 Å². The Kier molecular flexibility index (Phi) is 4.54. The Morgan fingerprint density at radius 1 is 1.25 bits per heavy atom. The van der Waals surface area contributed by atoms with Gasteiger partial charge in [-0.05, 0) is 17.7 Å². The summed E-state index contributed by atoms with van der Waals surface area (Å²) < 4.78 is 28.2. The van der Waals surface area contributed by atoms with Crippen LogP contribution in [0.4, 0.5) is 20.4 Å². The molecule has 2 rings (SSSR count). The van der Waals surface area contributed by atoms with Crippen LogP contribution in [0.15, 0.2) is 34.8 Å². The van der Waals surface area contributed by atoms with Gasteiger partial charge in [-0.1, -0.05) is 28.1 Å². The van der Waals surface area contributed by atoms with Gasteiger partial charge >= 0.3 is 0 Å². The molecule has 1 aromatic carbocycles. The topological polar surface area (TPSA) is 28.2 Å². The van der Waals surface area contributed by atoms with Crippen molar-refractivity contribution >= 4 is 27.6 Å². The van der Waals surface area contributed by atoms with E-state index in [1.54, 1.807) is 19.0 Å². The third kappa shape index (κ3) is 3.25. The Bertz CT molecular complexity index is 619. The molecule has 0 saturated heterocycles. The lowest BCUT2D eigenvalue weighted by Crippen LogP contribution is -2.20. The van der Waals surface area contributed by atoms with Gasteiger partial charge in [0.2, 0.25) is 0 Å². The van der Waals surface area contributed by atoms with Gasteiger partial charge in [0.15, 0.2) is 23.3 Å². The fourth-order valence-corrected chi connectivity index (χ4v) is 2.33. The summed E-state index contributed by atoms with van der Waals surface area (Å²) in [6.45, 7) is 0.470. The summed E-state index contributed by atoms with van der Waals surface area (Å²) >= 11 is 3.39. The van der Waals surface area contributed by atoms with Crippen molar-refractivity contribution < 1.29 is 8.78 Å². The first-order valence-corrected chi connectivity index (χ1v) is 6.80. The predicted octanol–water partition coefficient (Wildman–Crippen LogP) is 3.80. The van der Waals surface area contributed by atoms with Crippen LogP contribution in [0.1, 0.15) is 5.56 Å². The highest BCUT2D eigenvalue weighted by molar-refractivity contribution is 9.10. The van der Waals surface area contributed by atoms with Crippen LogP contribution in [0.3, 0.4) is 0 Å². The quantitative estimate of drug-likeness (QED) is 0.916. The normalized spacial score (nSPS) is 10.4. The Morgan fingerprint density at radius 3 is 2.65 bits per heavy atom. The van der Waals surface area contributed by atoms with Gasteiger partial charge in [-0.3, -0.25) is 0 Å². The molecule has 1 N–H and O–H groups in total. The van der Waals surface area contributed by atoms with E-state index in [9.17, 15) is 8.78 Å². The second-order valence-electron chi connectivity index (χ2n) is 4.36. The minimum atomic E-state index is -0.704. The van der Waals surface area contributed by atoms with Crippen molar-refractivity contribution in [2.24, 2.45) is 0 Å². The van der Waals surface area contributed by atoms with E-state index >= 15 is 0 Å². The maximum atomic E-state index is 13.8. The molecule has 0 fully saturated rings. The molecule has 2 aromatic rings. The van der Waals surface area contributed by atoms with Gasteiger partial charge in [0.25, 0.3) is 0 Å². The second kappa shape index (κ2) is 6.17. The van der Waals surface area contributed by atoms with E-state index in [0.29, 0.717) is 6.54 Å². The van der Waals surface area contributed by atoms with Crippen molar-refractivity contribution in [1.29, 1.82) is 0 Å². The Hall–Kier alpha value is -1.69. The van der Waals surface area contributed by atoms with E-state index in [4.69, 9.17) is 0 Å². The lowest BCUT2D eigenvalue weighted by Gasteiger charge is -2.20. The first-order valence-electron chi connectivity index (χ1n) is 6.00. The number of benzene rings is 1. The molecule has 0 saturated carbocycles. The van der Waals surface area contributed by atoms with Crippen molar-refractivity contribution in [2.45, 2.75) is 6.54 Å². The molecule has 0 unspecified atom stereocenters. The van der Waals surface area contributed by atoms with Crippen LogP contribution < -0.4 is 10.2 Å². The summed E-state index contributed by atoms with van der Waals surface area (Å²) in [5, 5.41) is 2.60. The summed E-state index contributed by atoms with van der Waals surface area (Å²) in [6, 6.07) is 8.53. The molecule has 0 aliphatic rings. The van der Waals surface area contributed by atoms with Crippen molar-refractivity contribution in [3.63, 3.8) is 0 Å². The summed E-state index contributed by atoms with van der Waals surface area (Å²) in [4.78, 5) is 5.60. The standard InChI is InChI=1S/C14H14BrF2N3/c1-18-13-11(16)7-12(17)14(19-13)20(2)8-9-4-3-5-10(15)6-9/h3-7H,8H2,1-2H3,(H,18,19). The van der Waals surface area contributed by atoms with Crippen LogP contribution in [0, 0.1) is 11.6 Å². The molecule has 0 spiro atoms. The molecular formula is C14H14BrF2N3. The molecule has 0 amide bonds. The van der Waals surface area contributed by atoms with E-state index in [2.05, 4.69) is 26.2 Å². The largest absolute Gasteiger partial charge is 0.371 e. The number of hydrogen-bond donors (Lipinski definition) is 1. The number of pyridine rings is 1. The number of rotatable bonds is 4. The van der Waals surface area contributed by atoms with Gasteiger partial charge in [0.1, 0.15) is 0 Å². The van der Waals surface area contributed by atoms with Gasteiger partial charge < -0.3 is 10.2 Å². The summed E-state index contributed by atoms with van der Waals surface area (Å²) in [5.41, 5.74) is 0.999. The van der Waals surface area contributed by atoms with Gasteiger partial charge in [-0.25, -0.2) is 13.8 Å². The molecule has 3 nitrogen and oxygen atoms in total. The molecule has 0 aliphatic heterocycles. The van der Waals surface area contributed by atoms with E-state index < -0.39 is 11.6 Å². The summed E-state index contributed by atoms with van der Waals surface area (Å²) in [6.07, 6.45) is 0. The zero-order chi connectivity index (χ0) is 14.7. The van der Waals surface area contributed by atoms with Crippen molar-refractivity contribution in [2.75, 3.05) is 24.3 Å². The lowest BCUT2D eigenvalue weighted by atomic mass is 10.2. The monoisotopic (exact) mass is 341 g/mol. The van der Waals surface area contributed by atoms with E-state index in [1.807, 2.05) is 24.3 Å². The molecular weight excluding hydrogens is 328 g/mol. The van der Waals surface area contributed by atoms with Crippen LogP contribution in [0.5, 0.6) is 0 Å². The first-order chi connectivity index (χ1) is 9.51.